The Balaban J connectivity index is 1.48. The van der Waals surface area contributed by atoms with Crippen LogP contribution >= 0.6 is 0 Å². The van der Waals surface area contributed by atoms with E-state index >= 15 is 0 Å². The van der Waals surface area contributed by atoms with Crippen molar-refractivity contribution in [2.24, 2.45) is 22.7 Å². The van der Waals surface area contributed by atoms with Gasteiger partial charge in [0, 0.05) is 5.41 Å². The van der Waals surface area contributed by atoms with Crippen molar-refractivity contribution >= 4 is 12.3 Å². The van der Waals surface area contributed by atoms with Crippen LogP contribution in [0.3, 0.4) is 0 Å². The number of carbonyl (C=O) groups excluding carboxylic acids is 2. The molecular formula is C25H32O4. The normalized spacial score (nSPS) is 40.0. The molecule has 1 aliphatic heterocycles. The number of aldehydes is 1. The van der Waals surface area contributed by atoms with Crippen LogP contribution in [0.1, 0.15) is 93.1 Å². The molecule has 1 aromatic rings. The van der Waals surface area contributed by atoms with Gasteiger partial charge >= 0.3 is 5.97 Å². The molecule has 4 aliphatic rings. The standard InChI is InChI=1S/C25H32O4/c1-23(2)10-11-25(29-22(23)28)9-7-20-18-5-4-15-13-21(27)16(14-26)12-19(15)17(18)6-8-24(20,25)3/h12-14,17-18,20,27H,4-11H2,1-3H3/t17?,18?,20?,24-,25+/m0/s1. The molecule has 3 fully saturated rings. The monoisotopic (exact) mass is 396 g/mol. The van der Waals surface area contributed by atoms with Gasteiger partial charge in [-0.15, -0.1) is 0 Å². The predicted octanol–water partition coefficient (Wildman–Crippen LogP) is 5.16. The zero-order valence-corrected chi connectivity index (χ0v) is 17.8. The lowest BCUT2D eigenvalue weighted by atomic mass is 9.52. The van der Waals surface area contributed by atoms with E-state index < -0.39 is 0 Å². The molecule has 0 amide bonds. The van der Waals surface area contributed by atoms with E-state index in [1.54, 1.807) is 0 Å². The average Bonchev–Trinajstić information content (AvgIpc) is 2.97. The van der Waals surface area contributed by atoms with E-state index in [1.807, 2.05) is 26.0 Å². The first kappa shape index (κ1) is 19.1. The van der Waals surface area contributed by atoms with Crippen molar-refractivity contribution in [2.75, 3.05) is 0 Å². The molecule has 0 radical (unpaired) electrons. The summed E-state index contributed by atoms with van der Waals surface area (Å²) < 4.78 is 6.31. The molecule has 0 aromatic heterocycles. The number of hydrogen-bond donors (Lipinski definition) is 1. The van der Waals surface area contributed by atoms with Crippen LogP contribution in [-0.2, 0) is 16.0 Å². The fourth-order valence-electron chi connectivity index (χ4n) is 7.37. The Kier molecular flexibility index (Phi) is 4.02. The van der Waals surface area contributed by atoms with Gasteiger partial charge in [0.25, 0.3) is 0 Å². The van der Waals surface area contributed by atoms with Crippen molar-refractivity contribution in [3.8, 4) is 5.75 Å². The van der Waals surface area contributed by atoms with Crippen LogP contribution in [0.5, 0.6) is 5.75 Å². The molecule has 0 bridgehead atoms. The predicted molar refractivity (Wildman–Crippen MR) is 110 cm³/mol. The highest BCUT2D eigenvalue weighted by molar-refractivity contribution is 5.80. The van der Waals surface area contributed by atoms with E-state index in [4.69, 9.17) is 4.74 Å². The maximum Gasteiger partial charge on any atom is 0.312 e. The number of hydrogen-bond acceptors (Lipinski definition) is 4. The molecule has 29 heavy (non-hydrogen) atoms. The third-order valence-corrected chi connectivity index (χ3v) is 9.28. The van der Waals surface area contributed by atoms with Gasteiger partial charge in [0.15, 0.2) is 6.29 Å². The zero-order chi connectivity index (χ0) is 20.6. The van der Waals surface area contributed by atoms with Crippen LogP contribution in [0.25, 0.3) is 0 Å². The van der Waals surface area contributed by atoms with Crippen LogP contribution in [0.15, 0.2) is 12.1 Å². The van der Waals surface area contributed by atoms with E-state index in [0.29, 0.717) is 23.3 Å². The molecule has 5 rings (SSSR count). The van der Waals surface area contributed by atoms with Gasteiger partial charge in [-0.25, -0.2) is 0 Å². The lowest BCUT2D eigenvalue weighted by Crippen LogP contribution is -2.56. The summed E-state index contributed by atoms with van der Waals surface area (Å²) >= 11 is 0. The number of carbonyl (C=O) groups is 2. The Morgan fingerprint density at radius 3 is 2.59 bits per heavy atom. The minimum absolute atomic E-state index is 0.0205. The van der Waals surface area contributed by atoms with Crippen LogP contribution < -0.4 is 0 Å². The molecule has 3 unspecified atom stereocenters. The molecular weight excluding hydrogens is 364 g/mol. The number of phenols is 1. The first-order valence-electron chi connectivity index (χ1n) is 11.3. The van der Waals surface area contributed by atoms with Crippen LogP contribution in [0, 0.1) is 22.7 Å². The maximum atomic E-state index is 12.8. The third-order valence-electron chi connectivity index (χ3n) is 9.28. The maximum absolute atomic E-state index is 12.8. The van der Waals surface area contributed by atoms with Gasteiger partial charge in [-0.05, 0) is 106 Å². The zero-order valence-electron chi connectivity index (χ0n) is 17.8. The highest BCUT2D eigenvalue weighted by Gasteiger charge is 2.65. The smallest absolute Gasteiger partial charge is 0.312 e. The Hall–Kier alpha value is -1.84. The number of esters is 1. The summed E-state index contributed by atoms with van der Waals surface area (Å²) in [6.45, 7) is 6.40. The van der Waals surface area contributed by atoms with E-state index in [9.17, 15) is 14.7 Å². The van der Waals surface area contributed by atoms with Gasteiger partial charge in [0.05, 0.1) is 11.0 Å². The van der Waals surface area contributed by atoms with Crippen molar-refractivity contribution in [1.29, 1.82) is 0 Å². The average molecular weight is 397 g/mol. The molecule has 1 heterocycles. The number of rotatable bonds is 1. The van der Waals surface area contributed by atoms with Crippen molar-refractivity contribution < 1.29 is 19.4 Å². The van der Waals surface area contributed by atoms with Crippen LogP contribution in [-0.4, -0.2) is 23.0 Å². The minimum atomic E-state index is -0.367. The quantitative estimate of drug-likeness (QED) is 0.526. The van der Waals surface area contributed by atoms with E-state index in [2.05, 4.69) is 6.92 Å². The van der Waals surface area contributed by atoms with E-state index in [1.165, 1.54) is 11.1 Å². The van der Waals surface area contributed by atoms with E-state index in [-0.39, 0.29) is 28.1 Å². The van der Waals surface area contributed by atoms with Gasteiger partial charge in [-0.2, -0.15) is 0 Å². The Bertz CT molecular complexity index is 887. The number of ether oxygens (including phenoxy) is 1. The molecule has 4 heteroatoms. The Morgan fingerprint density at radius 1 is 1.07 bits per heavy atom. The molecule has 2 saturated carbocycles. The van der Waals surface area contributed by atoms with Crippen LogP contribution in [0.4, 0.5) is 0 Å². The minimum Gasteiger partial charge on any atom is -0.507 e. The van der Waals surface area contributed by atoms with E-state index in [0.717, 1.165) is 57.7 Å². The van der Waals surface area contributed by atoms with Gasteiger partial charge in [0.2, 0.25) is 0 Å². The molecule has 1 saturated heterocycles. The number of fused-ring (bicyclic) bond motifs is 6. The summed E-state index contributed by atoms with van der Waals surface area (Å²) in [4.78, 5) is 24.1. The largest absolute Gasteiger partial charge is 0.507 e. The van der Waals surface area contributed by atoms with Crippen molar-refractivity contribution in [3.63, 3.8) is 0 Å². The molecule has 1 spiro atoms. The van der Waals surface area contributed by atoms with Crippen molar-refractivity contribution in [1.82, 2.24) is 0 Å². The lowest BCUT2D eigenvalue weighted by molar-refractivity contribution is -0.206. The highest BCUT2D eigenvalue weighted by atomic mass is 16.6. The Morgan fingerprint density at radius 2 is 1.86 bits per heavy atom. The highest BCUT2D eigenvalue weighted by Crippen LogP contribution is 2.67. The number of aryl methyl sites for hydroxylation is 1. The molecule has 1 N–H and O–H groups in total. The molecule has 4 nitrogen and oxygen atoms in total. The van der Waals surface area contributed by atoms with Gasteiger partial charge in [0.1, 0.15) is 11.4 Å². The molecule has 156 valence electrons. The molecule has 1 aromatic carbocycles. The summed E-state index contributed by atoms with van der Waals surface area (Å²) in [5.41, 5.74) is 2.26. The molecule has 5 atom stereocenters. The summed E-state index contributed by atoms with van der Waals surface area (Å²) in [5.74, 6) is 1.65. The summed E-state index contributed by atoms with van der Waals surface area (Å²) in [7, 11) is 0. The number of phenolic OH excluding ortho intramolecular Hbond substituents is 1. The molecule has 3 aliphatic carbocycles. The SMILES string of the molecule is CC1(C)CC[C@@]2(CCC3C4CCc5cc(O)c(C=O)cc5C4CC[C@@]32C)OC1=O. The fourth-order valence-corrected chi connectivity index (χ4v) is 7.37. The number of aromatic hydroxyl groups is 1. The van der Waals surface area contributed by atoms with Gasteiger partial charge in [-0.3, -0.25) is 9.59 Å². The Labute approximate surface area is 173 Å². The second-order valence-corrected chi connectivity index (χ2v) is 10.9. The van der Waals surface area contributed by atoms with Gasteiger partial charge in [-0.1, -0.05) is 6.92 Å². The number of benzene rings is 1. The first-order valence-corrected chi connectivity index (χ1v) is 11.3. The van der Waals surface area contributed by atoms with Crippen molar-refractivity contribution in [3.05, 3.63) is 28.8 Å². The topological polar surface area (TPSA) is 63.6 Å². The second kappa shape index (κ2) is 6.09. The lowest BCUT2D eigenvalue weighted by Gasteiger charge is -2.56. The van der Waals surface area contributed by atoms with Gasteiger partial charge < -0.3 is 9.84 Å². The summed E-state index contributed by atoms with van der Waals surface area (Å²) in [6, 6.07) is 3.75. The summed E-state index contributed by atoms with van der Waals surface area (Å²) in [5, 5.41) is 10.1. The second-order valence-electron chi connectivity index (χ2n) is 10.9. The first-order chi connectivity index (χ1) is 13.7. The van der Waals surface area contributed by atoms with Crippen LogP contribution in [0.2, 0.25) is 0 Å². The fraction of sp³-hybridized carbons (Fsp3) is 0.680. The third kappa shape index (κ3) is 2.50. The van der Waals surface area contributed by atoms with Crippen molar-refractivity contribution in [2.45, 2.75) is 83.7 Å². The summed E-state index contributed by atoms with van der Waals surface area (Å²) in [6.07, 6.45) is 8.96.